The fourth-order valence-corrected chi connectivity index (χ4v) is 2.82. The number of amides is 2. The predicted molar refractivity (Wildman–Crippen MR) is 69.0 cm³/mol. The maximum atomic E-state index is 12.3. The van der Waals surface area contributed by atoms with Crippen LogP contribution >= 0.6 is 0 Å². The molecule has 18 heavy (non-hydrogen) atoms. The van der Waals surface area contributed by atoms with Gasteiger partial charge >= 0.3 is 0 Å². The van der Waals surface area contributed by atoms with Crippen LogP contribution in [0, 0.1) is 5.92 Å². The summed E-state index contributed by atoms with van der Waals surface area (Å²) in [6.07, 6.45) is 1.56. The van der Waals surface area contributed by atoms with Crippen LogP contribution in [0.15, 0.2) is 0 Å². The Morgan fingerprint density at radius 3 is 3.00 bits per heavy atom. The molecule has 1 N–H and O–H groups in total. The second-order valence-corrected chi connectivity index (χ2v) is 5.27. The molecule has 2 amide bonds. The number of carbonyl (C=O) groups is 2. The maximum Gasteiger partial charge on any atom is 0.226 e. The van der Waals surface area contributed by atoms with Crippen molar-refractivity contribution in [3.8, 4) is 0 Å². The highest BCUT2D eigenvalue weighted by Crippen LogP contribution is 2.23. The van der Waals surface area contributed by atoms with Crippen molar-refractivity contribution in [2.75, 3.05) is 32.7 Å². The lowest BCUT2D eigenvalue weighted by Gasteiger charge is -2.38. The molecule has 0 spiro atoms. The molecule has 2 saturated heterocycles. The van der Waals surface area contributed by atoms with Crippen molar-refractivity contribution in [2.45, 2.75) is 32.7 Å². The normalized spacial score (nSPS) is 25.2. The zero-order chi connectivity index (χ0) is 13.1. The monoisotopic (exact) mass is 253 g/mol. The molecule has 0 aliphatic carbocycles. The van der Waals surface area contributed by atoms with Gasteiger partial charge in [-0.2, -0.15) is 0 Å². The smallest absolute Gasteiger partial charge is 0.226 e. The van der Waals surface area contributed by atoms with E-state index in [1.54, 1.807) is 0 Å². The van der Waals surface area contributed by atoms with Gasteiger partial charge in [0.25, 0.3) is 0 Å². The van der Waals surface area contributed by atoms with Crippen LogP contribution in [0.3, 0.4) is 0 Å². The first-order valence-electron chi connectivity index (χ1n) is 6.92. The fourth-order valence-electron chi connectivity index (χ4n) is 2.82. The van der Waals surface area contributed by atoms with Crippen molar-refractivity contribution in [3.63, 3.8) is 0 Å². The van der Waals surface area contributed by atoms with E-state index in [9.17, 15) is 9.59 Å². The van der Waals surface area contributed by atoms with Crippen molar-refractivity contribution in [1.29, 1.82) is 0 Å². The van der Waals surface area contributed by atoms with Gasteiger partial charge in [-0.25, -0.2) is 0 Å². The summed E-state index contributed by atoms with van der Waals surface area (Å²) >= 11 is 0. The minimum absolute atomic E-state index is 0.0219. The van der Waals surface area contributed by atoms with Gasteiger partial charge in [-0.3, -0.25) is 9.59 Å². The number of rotatable bonds is 4. The van der Waals surface area contributed by atoms with E-state index >= 15 is 0 Å². The van der Waals surface area contributed by atoms with Gasteiger partial charge in [0, 0.05) is 44.6 Å². The molecule has 2 aliphatic rings. The highest BCUT2D eigenvalue weighted by atomic mass is 16.2. The highest BCUT2D eigenvalue weighted by molar-refractivity contribution is 5.81. The molecular formula is C13H23N3O2. The largest absolute Gasteiger partial charge is 0.339 e. The number of nitrogens with one attached hydrogen (secondary N) is 1. The van der Waals surface area contributed by atoms with E-state index in [0.717, 1.165) is 26.1 Å². The standard InChI is InChI=1S/C13H23N3O2/c1-3-14-8-10(2)13(18)15-6-7-16-11(9-15)4-5-12(16)17/h10-11,14H,3-9H2,1-2H3. The molecule has 2 fully saturated rings. The molecule has 102 valence electrons. The van der Waals surface area contributed by atoms with E-state index in [1.807, 2.05) is 23.6 Å². The molecular weight excluding hydrogens is 230 g/mol. The van der Waals surface area contributed by atoms with Crippen LogP contribution in [0.5, 0.6) is 0 Å². The van der Waals surface area contributed by atoms with Gasteiger partial charge in [0.15, 0.2) is 0 Å². The second kappa shape index (κ2) is 5.69. The molecule has 2 aliphatic heterocycles. The van der Waals surface area contributed by atoms with Gasteiger partial charge in [-0.15, -0.1) is 0 Å². The first-order valence-corrected chi connectivity index (χ1v) is 6.92. The molecule has 0 radical (unpaired) electrons. The van der Waals surface area contributed by atoms with Crippen LogP contribution < -0.4 is 5.32 Å². The Kier molecular flexibility index (Phi) is 4.22. The molecule has 5 heteroatoms. The van der Waals surface area contributed by atoms with Crippen LogP contribution in [-0.2, 0) is 9.59 Å². The summed E-state index contributed by atoms with van der Waals surface area (Å²) in [7, 11) is 0. The van der Waals surface area contributed by atoms with E-state index in [1.165, 1.54) is 0 Å². The lowest BCUT2D eigenvalue weighted by Crippen LogP contribution is -2.54. The van der Waals surface area contributed by atoms with E-state index in [4.69, 9.17) is 0 Å². The molecule has 0 aromatic rings. The molecule has 5 nitrogen and oxygen atoms in total. The number of fused-ring (bicyclic) bond motifs is 1. The van der Waals surface area contributed by atoms with Crippen LogP contribution in [0.2, 0.25) is 0 Å². The highest BCUT2D eigenvalue weighted by Gasteiger charge is 2.37. The zero-order valence-corrected chi connectivity index (χ0v) is 11.3. The summed E-state index contributed by atoms with van der Waals surface area (Å²) < 4.78 is 0. The van der Waals surface area contributed by atoms with E-state index in [2.05, 4.69) is 5.32 Å². The van der Waals surface area contributed by atoms with Gasteiger partial charge in [-0.05, 0) is 13.0 Å². The average Bonchev–Trinajstić information content (AvgIpc) is 2.76. The fraction of sp³-hybridized carbons (Fsp3) is 0.846. The first kappa shape index (κ1) is 13.3. The van der Waals surface area contributed by atoms with E-state index in [0.29, 0.717) is 19.5 Å². The zero-order valence-electron chi connectivity index (χ0n) is 11.3. The number of nitrogens with zero attached hydrogens (tertiary/aromatic N) is 2. The summed E-state index contributed by atoms with van der Waals surface area (Å²) in [4.78, 5) is 27.7. The maximum absolute atomic E-state index is 12.3. The summed E-state index contributed by atoms with van der Waals surface area (Å²) in [5.41, 5.74) is 0. The van der Waals surface area contributed by atoms with Crippen LogP contribution in [0.1, 0.15) is 26.7 Å². The number of hydrogen-bond acceptors (Lipinski definition) is 3. The average molecular weight is 253 g/mol. The van der Waals surface area contributed by atoms with Crippen molar-refractivity contribution in [1.82, 2.24) is 15.1 Å². The third-order valence-electron chi connectivity index (χ3n) is 3.93. The van der Waals surface area contributed by atoms with Crippen LogP contribution in [0.4, 0.5) is 0 Å². The second-order valence-electron chi connectivity index (χ2n) is 5.27. The minimum atomic E-state index is 0.0219. The van der Waals surface area contributed by atoms with Gasteiger partial charge in [0.05, 0.1) is 0 Å². The van der Waals surface area contributed by atoms with Gasteiger partial charge in [0.2, 0.25) is 11.8 Å². The Balaban J connectivity index is 1.87. The van der Waals surface area contributed by atoms with Gasteiger partial charge in [-0.1, -0.05) is 13.8 Å². The Labute approximate surface area is 108 Å². The van der Waals surface area contributed by atoms with Crippen molar-refractivity contribution >= 4 is 11.8 Å². The number of carbonyl (C=O) groups excluding carboxylic acids is 2. The number of piperazine rings is 1. The minimum Gasteiger partial charge on any atom is -0.339 e. The predicted octanol–water partition coefficient (Wildman–Crippen LogP) is 0.0652. The van der Waals surface area contributed by atoms with Crippen molar-refractivity contribution < 1.29 is 9.59 Å². The van der Waals surface area contributed by atoms with Crippen molar-refractivity contribution in [3.05, 3.63) is 0 Å². The summed E-state index contributed by atoms with van der Waals surface area (Å²) in [5, 5.41) is 3.21. The third-order valence-corrected chi connectivity index (χ3v) is 3.93. The van der Waals surface area contributed by atoms with Crippen LogP contribution in [0.25, 0.3) is 0 Å². The molecule has 2 rings (SSSR count). The first-order chi connectivity index (χ1) is 8.63. The summed E-state index contributed by atoms with van der Waals surface area (Å²) in [5.74, 6) is 0.497. The number of hydrogen-bond donors (Lipinski definition) is 1. The Hall–Kier alpha value is -1.10. The summed E-state index contributed by atoms with van der Waals surface area (Å²) in [6.45, 7) is 7.76. The topological polar surface area (TPSA) is 52.7 Å². The quantitative estimate of drug-likeness (QED) is 0.771. The SMILES string of the molecule is CCNCC(C)C(=O)N1CCN2C(=O)CCC2C1. The molecule has 2 unspecified atom stereocenters. The molecule has 0 bridgehead atoms. The lowest BCUT2D eigenvalue weighted by atomic mass is 10.1. The van der Waals surface area contributed by atoms with Gasteiger partial charge < -0.3 is 15.1 Å². The van der Waals surface area contributed by atoms with E-state index < -0.39 is 0 Å². The Morgan fingerprint density at radius 1 is 1.50 bits per heavy atom. The van der Waals surface area contributed by atoms with Crippen molar-refractivity contribution in [2.24, 2.45) is 5.92 Å². The Bertz CT molecular complexity index is 332. The molecule has 2 atom stereocenters. The molecule has 0 aromatic heterocycles. The van der Waals surface area contributed by atoms with Crippen LogP contribution in [-0.4, -0.2) is 60.4 Å². The summed E-state index contributed by atoms with van der Waals surface area (Å²) in [6, 6.07) is 0.265. The molecule has 2 heterocycles. The molecule has 0 aromatic carbocycles. The third kappa shape index (κ3) is 2.66. The van der Waals surface area contributed by atoms with E-state index in [-0.39, 0.29) is 23.8 Å². The molecule has 0 saturated carbocycles. The lowest BCUT2D eigenvalue weighted by molar-refractivity contribution is -0.141. The van der Waals surface area contributed by atoms with Gasteiger partial charge in [0.1, 0.15) is 0 Å². The Morgan fingerprint density at radius 2 is 2.28 bits per heavy atom.